The summed E-state index contributed by atoms with van der Waals surface area (Å²) in [5, 5.41) is 5.15. The largest absolute Gasteiger partial charge is 0.397 e. The number of hydrogen-bond donors (Lipinski definition) is 4. The Balaban J connectivity index is 2.18. The monoisotopic (exact) mass is 262 g/mol. The van der Waals surface area contributed by atoms with Gasteiger partial charge in [0.2, 0.25) is 17.7 Å². The van der Waals surface area contributed by atoms with E-state index in [1.54, 1.807) is 0 Å². The smallest absolute Gasteiger partial charge is 0.249 e. The molecule has 1 aromatic rings. The fourth-order valence-corrected chi connectivity index (χ4v) is 1.85. The number of hydrogen-bond acceptors (Lipinski definition) is 5. The van der Waals surface area contributed by atoms with Crippen molar-refractivity contribution in [3.8, 4) is 0 Å². The van der Waals surface area contributed by atoms with Gasteiger partial charge in [-0.25, -0.2) is 0 Å². The molecule has 1 aromatic carbocycles. The van der Waals surface area contributed by atoms with E-state index in [4.69, 9.17) is 11.5 Å². The standard InChI is InChI=1S/C12H14N4O3/c13-7-2-1-6(11(14)18)5-9(7)15-8-3-4-10(17)16-12(8)19/h1-2,5,8,15H,3-4,13H2,(H2,14,18)(H,16,17,19). The molecule has 1 fully saturated rings. The van der Waals surface area contributed by atoms with Crippen LogP contribution in [0.25, 0.3) is 0 Å². The summed E-state index contributed by atoms with van der Waals surface area (Å²) in [5.74, 6) is -1.27. The lowest BCUT2D eigenvalue weighted by Gasteiger charge is -2.23. The highest BCUT2D eigenvalue weighted by Crippen LogP contribution is 2.22. The lowest BCUT2D eigenvalue weighted by Crippen LogP contribution is -2.47. The van der Waals surface area contributed by atoms with Gasteiger partial charge in [0.15, 0.2) is 0 Å². The van der Waals surface area contributed by atoms with Gasteiger partial charge in [-0.1, -0.05) is 0 Å². The summed E-state index contributed by atoms with van der Waals surface area (Å²) < 4.78 is 0. The number of nitrogen functional groups attached to an aromatic ring is 1. The van der Waals surface area contributed by atoms with Crippen LogP contribution in [0.4, 0.5) is 11.4 Å². The summed E-state index contributed by atoms with van der Waals surface area (Å²) in [7, 11) is 0. The van der Waals surface area contributed by atoms with Crippen LogP contribution in [-0.2, 0) is 9.59 Å². The van der Waals surface area contributed by atoms with Gasteiger partial charge in [-0.3, -0.25) is 19.7 Å². The molecule has 1 unspecified atom stereocenters. The first kappa shape index (κ1) is 12.9. The van der Waals surface area contributed by atoms with Gasteiger partial charge in [0.25, 0.3) is 0 Å². The number of rotatable bonds is 3. The first-order valence-corrected chi connectivity index (χ1v) is 5.77. The summed E-state index contributed by atoms with van der Waals surface area (Å²) in [5.41, 5.74) is 12.1. The maximum absolute atomic E-state index is 11.6. The van der Waals surface area contributed by atoms with Crippen LogP contribution in [0.1, 0.15) is 23.2 Å². The third-order valence-corrected chi connectivity index (χ3v) is 2.91. The fraction of sp³-hybridized carbons (Fsp3) is 0.250. The minimum Gasteiger partial charge on any atom is -0.397 e. The predicted molar refractivity (Wildman–Crippen MR) is 69.2 cm³/mol. The molecule has 0 aromatic heterocycles. The first-order chi connectivity index (χ1) is 8.97. The normalized spacial score (nSPS) is 18.8. The molecular formula is C12H14N4O3. The number of imide groups is 1. The van der Waals surface area contributed by atoms with Crippen molar-refractivity contribution in [2.75, 3.05) is 11.1 Å². The predicted octanol–water partition coefficient (Wildman–Crippen LogP) is -0.415. The molecule has 1 heterocycles. The van der Waals surface area contributed by atoms with Crippen molar-refractivity contribution in [2.24, 2.45) is 5.73 Å². The van der Waals surface area contributed by atoms with E-state index in [1.807, 2.05) is 0 Å². The minimum absolute atomic E-state index is 0.263. The van der Waals surface area contributed by atoms with Gasteiger partial charge in [-0.05, 0) is 24.6 Å². The van der Waals surface area contributed by atoms with Gasteiger partial charge < -0.3 is 16.8 Å². The zero-order chi connectivity index (χ0) is 14.0. The highest BCUT2D eigenvalue weighted by molar-refractivity contribution is 6.02. The molecular weight excluding hydrogens is 248 g/mol. The van der Waals surface area contributed by atoms with Crippen molar-refractivity contribution >= 4 is 29.1 Å². The van der Waals surface area contributed by atoms with Gasteiger partial charge in [0.05, 0.1) is 11.4 Å². The second kappa shape index (κ2) is 4.97. The van der Waals surface area contributed by atoms with E-state index in [1.165, 1.54) is 18.2 Å². The molecule has 0 radical (unpaired) electrons. The Morgan fingerprint density at radius 2 is 2.11 bits per heavy atom. The van der Waals surface area contributed by atoms with Crippen LogP contribution in [0.3, 0.4) is 0 Å². The Morgan fingerprint density at radius 1 is 1.37 bits per heavy atom. The van der Waals surface area contributed by atoms with Gasteiger partial charge in [-0.15, -0.1) is 0 Å². The van der Waals surface area contributed by atoms with E-state index in [9.17, 15) is 14.4 Å². The number of piperidine rings is 1. The van der Waals surface area contributed by atoms with Gasteiger partial charge in [-0.2, -0.15) is 0 Å². The van der Waals surface area contributed by atoms with Crippen molar-refractivity contribution < 1.29 is 14.4 Å². The molecule has 0 saturated carbocycles. The molecule has 100 valence electrons. The zero-order valence-electron chi connectivity index (χ0n) is 10.1. The van der Waals surface area contributed by atoms with Crippen molar-refractivity contribution in [2.45, 2.75) is 18.9 Å². The van der Waals surface area contributed by atoms with Crippen LogP contribution < -0.4 is 22.1 Å². The van der Waals surface area contributed by atoms with Gasteiger partial charge >= 0.3 is 0 Å². The number of anilines is 2. The van der Waals surface area contributed by atoms with Crippen molar-refractivity contribution in [1.29, 1.82) is 0 Å². The third kappa shape index (κ3) is 2.82. The number of nitrogens with two attached hydrogens (primary N) is 2. The molecule has 7 heteroatoms. The third-order valence-electron chi connectivity index (χ3n) is 2.91. The molecule has 1 aliphatic rings. The van der Waals surface area contributed by atoms with Crippen LogP contribution in [0.5, 0.6) is 0 Å². The van der Waals surface area contributed by atoms with Crippen LogP contribution in [0, 0.1) is 0 Å². The highest BCUT2D eigenvalue weighted by Gasteiger charge is 2.26. The van der Waals surface area contributed by atoms with E-state index in [0.29, 0.717) is 23.4 Å². The molecule has 1 atom stereocenters. The topological polar surface area (TPSA) is 127 Å². The molecule has 7 nitrogen and oxygen atoms in total. The Labute approximate surface area is 109 Å². The van der Waals surface area contributed by atoms with E-state index in [-0.39, 0.29) is 12.3 Å². The number of carbonyl (C=O) groups excluding carboxylic acids is 3. The summed E-state index contributed by atoms with van der Waals surface area (Å²) in [6.07, 6.45) is 0.643. The van der Waals surface area contributed by atoms with Gasteiger partial charge in [0, 0.05) is 12.0 Å². The lowest BCUT2D eigenvalue weighted by atomic mass is 10.0. The van der Waals surface area contributed by atoms with Crippen molar-refractivity contribution in [3.05, 3.63) is 23.8 Å². The van der Waals surface area contributed by atoms with Crippen LogP contribution in [0.15, 0.2) is 18.2 Å². The van der Waals surface area contributed by atoms with E-state index in [2.05, 4.69) is 10.6 Å². The molecule has 2 rings (SSSR count). The summed E-state index contributed by atoms with van der Waals surface area (Å²) >= 11 is 0. The average molecular weight is 262 g/mol. The molecule has 0 aliphatic carbocycles. The number of nitrogens with one attached hydrogen (secondary N) is 2. The van der Waals surface area contributed by atoms with Crippen molar-refractivity contribution in [3.63, 3.8) is 0 Å². The molecule has 19 heavy (non-hydrogen) atoms. The van der Waals surface area contributed by atoms with Crippen LogP contribution in [-0.4, -0.2) is 23.8 Å². The Hall–Kier alpha value is -2.57. The van der Waals surface area contributed by atoms with Gasteiger partial charge in [0.1, 0.15) is 6.04 Å². The number of primary amides is 1. The quantitative estimate of drug-likeness (QED) is 0.435. The first-order valence-electron chi connectivity index (χ1n) is 5.77. The lowest BCUT2D eigenvalue weighted by molar-refractivity contribution is -0.133. The Bertz CT molecular complexity index is 556. The molecule has 3 amide bonds. The van der Waals surface area contributed by atoms with Crippen molar-refractivity contribution in [1.82, 2.24) is 5.32 Å². The minimum atomic E-state index is -0.577. The second-order valence-corrected chi connectivity index (χ2v) is 4.31. The molecule has 6 N–H and O–H groups in total. The molecule has 1 aliphatic heterocycles. The zero-order valence-corrected chi connectivity index (χ0v) is 10.1. The maximum Gasteiger partial charge on any atom is 0.249 e. The summed E-state index contributed by atoms with van der Waals surface area (Å²) in [6.45, 7) is 0. The fourth-order valence-electron chi connectivity index (χ4n) is 1.85. The van der Waals surface area contributed by atoms with E-state index < -0.39 is 17.9 Å². The maximum atomic E-state index is 11.6. The van der Waals surface area contributed by atoms with E-state index in [0.717, 1.165) is 0 Å². The van der Waals surface area contributed by atoms with Crippen LogP contribution >= 0.6 is 0 Å². The molecule has 0 spiro atoms. The Kier molecular flexibility index (Phi) is 3.37. The number of benzene rings is 1. The summed E-state index contributed by atoms with van der Waals surface area (Å²) in [6, 6.07) is 3.98. The molecule has 1 saturated heterocycles. The van der Waals surface area contributed by atoms with Crippen LogP contribution in [0.2, 0.25) is 0 Å². The molecule has 0 bridgehead atoms. The summed E-state index contributed by atoms with van der Waals surface area (Å²) in [4.78, 5) is 33.7. The number of amides is 3. The SMILES string of the molecule is NC(=O)c1ccc(N)c(NC2CCC(=O)NC2=O)c1. The highest BCUT2D eigenvalue weighted by atomic mass is 16.2. The average Bonchev–Trinajstić information content (AvgIpc) is 2.34. The number of carbonyl (C=O) groups is 3. The second-order valence-electron chi connectivity index (χ2n) is 4.31. The Morgan fingerprint density at radius 3 is 2.74 bits per heavy atom. The van der Waals surface area contributed by atoms with E-state index >= 15 is 0 Å².